The highest BCUT2D eigenvalue weighted by molar-refractivity contribution is 5.70. The minimum atomic E-state index is 0.188. The van der Waals surface area contributed by atoms with Gasteiger partial charge in [0.15, 0.2) is 0 Å². The Labute approximate surface area is 114 Å². The number of rotatable bonds is 4. The van der Waals surface area contributed by atoms with Crippen LogP contribution in [0, 0.1) is 5.41 Å². The molecule has 0 amide bonds. The quantitative estimate of drug-likeness (QED) is 0.671. The Morgan fingerprint density at radius 2 is 1.32 bits per heavy atom. The van der Waals surface area contributed by atoms with Crippen molar-refractivity contribution in [2.24, 2.45) is 0 Å². The van der Waals surface area contributed by atoms with Crippen LogP contribution in [-0.4, -0.2) is 18.0 Å². The van der Waals surface area contributed by atoms with E-state index in [1.54, 1.807) is 0 Å². The van der Waals surface area contributed by atoms with Crippen molar-refractivity contribution >= 4 is 6.02 Å². The van der Waals surface area contributed by atoms with Crippen LogP contribution in [0.1, 0.15) is 11.1 Å². The molecule has 2 aromatic rings. The van der Waals surface area contributed by atoms with Gasteiger partial charge in [-0.2, -0.15) is 0 Å². The molecule has 0 saturated heterocycles. The summed E-state index contributed by atoms with van der Waals surface area (Å²) in [6.07, 6.45) is 0. The van der Waals surface area contributed by atoms with Gasteiger partial charge in [0, 0.05) is 13.1 Å². The second-order valence-electron chi connectivity index (χ2n) is 4.34. The number of amidine groups is 1. The summed E-state index contributed by atoms with van der Waals surface area (Å²) in [7, 11) is 1.53. The van der Waals surface area contributed by atoms with Gasteiger partial charge in [-0.3, -0.25) is 5.41 Å². The van der Waals surface area contributed by atoms with E-state index in [4.69, 9.17) is 10.1 Å². The summed E-state index contributed by atoms with van der Waals surface area (Å²) < 4.78 is 5.07. The van der Waals surface area contributed by atoms with Crippen LogP contribution in [0.4, 0.5) is 0 Å². The lowest BCUT2D eigenvalue weighted by molar-refractivity contribution is 0.267. The van der Waals surface area contributed by atoms with Gasteiger partial charge in [0.05, 0.1) is 7.11 Å². The summed E-state index contributed by atoms with van der Waals surface area (Å²) in [6, 6.07) is 20.4. The van der Waals surface area contributed by atoms with Crippen molar-refractivity contribution in [3.05, 3.63) is 71.8 Å². The first-order valence-electron chi connectivity index (χ1n) is 6.25. The van der Waals surface area contributed by atoms with Gasteiger partial charge in [-0.15, -0.1) is 0 Å². The molecule has 2 aromatic carbocycles. The van der Waals surface area contributed by atoms with Gasteiger partial charge in [0.25, 0.3) is 6.02 Å². The van der Waals surface area contributed by atoms with Crippen molar-refractivity contribution in [2.45, 2.75) is 13.1 Å². The van der Waals surface area contributed by atoms with E-state index in [0.717, 1.165) is 0 Å². The number of methoxy groups -OCH3 is 1. The molecule has 0 atom stereocenters. The molecular weight excluding hydrogens is 236 g/mol. The maximum Gasteiger partial charge on any atom is 0.284 e. The van der Waals surface area contributed by atoms with Gasteiger partial charge in [0.1, 0.15) is 0 Å². The first-order chi connectivity index (χ1) is 9.29. The molecule has 0 aliphatic carbocycles. The molecule has 3 nitrogen and oxygen atoms in total. The van der Waals surface area contributed by atoms with Gasteiger partial charge in [0.2, 0.25) is 0 Å². The molecule has 1 N–H and O–H groups in total. The number of nitrogens with one attached hydrogen (secondary N) is 1. The molecule has 0 bridgehead atoms. The predicted molar refractivity (Wildman–Crippen MR) is 76.9 cm³/mol. The van der Waals surface area contributed by atoms with E-state index in [1.807, 2.05) is 41.3 Å². The van der Waals surface area contributed by atoms with Gasteiger partial charge in [-0.1, -0.05) is 60.7 Å². The fourth-order valence-corrected chi connectivity index (χ4v) is 1.94. The molecule has 0 unspecified atom stereocenters. The van der Waals surface area contributed by atoms with Crippen molar-refractivity contribution < 1.29 is 4.74 Å². The topological polar surface area (TPSA) is 36.3 Å². The van der Waals surface area contributed by atoms with E-state index in [0.29, 0.717) is 13.1 Å². The number of benzene rings is 2. The molecule has 0 fully saturated rings. The van der Waals surface area contributed by atoms with Crippen LogP contribution in [0.15, 0.2) is 60.7 Å². The average Bonchev–Trinajstić information content (AvgIpc) is 2.48. The molecule has 2 rings (SSSR count). The first kappa shape index (κ1) is 13.1. The van der Waals surface area contributed by atoms with E-state index in [9.17, 15) is 0 Å². The van der Waals surface area contributed by atoms with Crippen LogP contribution in [0.25, 0.3) is 0 Å². The molecule has 0 heterocycles. The number of hydrogen-bond donors (Lipinski definition) is 1. The number of ether oxygens (including phenoxy) is 1. The maximum atomic E-state index is 7.90. The van der Waals surface area contributed by atoms with Crippen molar-refractivity contribution in [1.82, 2.24) is 4.90 Å². The zero-order valence-corrected chi connectivity index (χ0v) is 11.0. The number of hydrogen-bond acceptors (Lipinski definition) is 2. The minimum Gasteiger partial charge on any atom is -0.469 e. The van der Waals surface area contributed by atoms with Gasteiger partial charge in [-0.25, -0.2) is 0 Å². The molecule has 19 heavy (non-hydrogen) atoms. The molecule has 0 aliphatic heterocycles. The summed E-state index contributed by atoms with van der Waals surface area (Å²) in [6.45, 7) is 1.34. The Balaban J connectivity index is 2.10. The Kier molecular flexibility index (Phi) is 4.56. The van der Waals surface area contributed by atoms with Crippen molar-refractivity contribution in [3.63, 3.8) is 0 Å². The lowest BCUT2D eigenvalue weighted by atomic mass is 10.2. The van der Waals surface area contributed by atoms with Crippen LogP contribution in [-0.2, 0) is 17.8 Å². The Bertz CT molecular complexity index is 469. The van der Waals surface area contributed by atoms with E-state index in [-0.39, 0.29) is 6.02 Å². The van der Waals surface area contributed by atoms with Crippen LogP contribution < -0.4 is 0 Å². The molecule has 0 aromatic heterocycles. The summed E-state index contributed by atoms with van der Waals surface area (Å²) in [5.74, 6) is 0. The molecule has 0 spiro atoms. The Hall–Kier alpha value is -2.29. The minimum absolute atomic E-state index is 0.188. The highest BCUT2D eigenvalue weighted by Crippen LogP contribution is 2.10. The maximum absolute atomic E-state index is 7.90. The third-order valence-electron chi connectivity index (χ3n) is 2.91. The Morgan fingerprint density at radius 3 is 1.68 bits per heavy atom. The molecule has 0 aliphatic rings. The van der Waals surface area contributed by atoms with Crippen LogP contribution in [0.3, 0.4) is 0 Å². The predicted octanol–water partition coefficient (Wildman–Crippen LogP) is 3.27. The molecule has 3 heteroatoms. The smallest absolute Gasteiger partial charge is 0.284 e. The fourth-order valence-electron chi connectivity index (χ4n) is 1.94. The molecular formula is C16H18N2O. The summed E-state index contributed by atoms with van der Waals surface area (Å²) in [5.41, 5.74) is 2.33. The second-order valence-corrected chi connectivity index (χ2v) is 4.34. The standard InChI is InChI=1S/C16H18N2O/c1-19-16(17)18(12-14-8-4-2-5-9-14)13-15-10-6-3-7-11-15/h2-11,17H,12-13H2,1H3. The first-order valence-corrected chi connectivity index (χ1v) is 6.25. The lowest BCUT2D eigenvalue weighted by Crippen LogP contribution is -2.30. The highest BCUT2D eigenvalue weighted by atomic mass is 16.5. The Morgan fingerprint density at radius 1 is 0.895 bits per heavy atom. The second kappa shape index (κ2) is 6.59. The van der Waals surface area contributed by atoms with Gasteiger partial charge in [-0.05, 0) is 11.1 Å². The normalized spacial score (nSPS) is 9.95. The highest BCUT2D eigenvalue weighted by Gasteiger charge is 2.11. The zero-order chi connectivity index (χ0) is 13.5. The molecule has 98 valence electrons. The zero-order valence-electron chi connectivity index (χ0n) is 11.0. The lowest BCUT2D eigenvalue weighted by Gasteiger charge is -2.23. The molecule has 0 saturated carbocycles. The molecule has 0 radical (unpaired) electrons. The third kappa shape index (κ3) is 3.85. The van der Waals surface area contributed by atoms with E-state index >= 15 is 0 Å². The average molecular weight is 254 g/mol. The third-order valence-corrected chi connectivity index (χ3v) is 2.91. The number of nitrogens with zero attached hydrogens (tertiary/aromatic N) is 1. The van der Waals surface area contributed by atoms with Crippen LogP contribution >= 0.6 is 0 Å². The summed E-state index contributed by atoms with van der Waals surface area (Å²) in [4.78, 5) is 1.91. The van der Waals surface area contributed by atoms with Gasteiger partial charge >= 0.3 is 0 Å². The largest absolute Gasteiger partial charge is 0.469 e. The van der Waals surface area contributed by atoms with Crippen molar-refractivity contribution in [2.75, 3.05) is 7.11 Å². The van der Waals surface area contributed by atoms with Crippen LogP contribution in [0.5, 0.6) is 0 Å². The summed E-state index contributed by atoms with van der Waals surface area (Å²) >= 11 is 0. The van der Waals surface area contributed by atoms with Crippen molar-refractivity contribution in [3.8, 4) is 0 Å². The SMILES string of the molecule is COC(=N)N(Cc1ccccc1)Cc1ccccc1. The monoisotopic (exact) mass is 254 g/mol. The summed E-state index contributed by atoms with van der Waals surface area (Å²) in [5, 5.41) is 7.90. The fraction of sp³-hybridized carbons (Fsp3) is 0.188. The van der Waals surface area contributed by atoms with E-state index in [2.05, 4.69) is 24.3 Å². The van der Waals surface area contributed by atoms with E-state index in [1.165, 1.54) is 18.2 Å². The van der Waals surface area contributed by atoms with Crippen LogP contribution in [0.2, 0.25) is 0 Å². The van der Waals surface area contributed by atoms with Crippen molar-refractivity contribution in [1.29, 1.82) is 5.41 Å². The van der Waals surface area contributed by atoms with E-state index < -0.39 is 0 Å². The van der Waals surface area contributed by atoms with Gasteiger partial charge < -0.3 is 9.64 Å².